The van der Waals surface area contributed by atoms with Crippen LogP contribution in [0.25, 0.3) is 0 Å². The molecular weight excluding hydrogens is 218 g/mol. The fraction of sp³-hybridized carbons (Fsp3) is 0.667. The zero-order chi connectivity index (χ0) is 12.7. The summed E-state index contributed by atoms with van der Waals surface area (Å²) in [4.78, 5) is 8.13. The summed E-state index contributed by atoms with van der Waals surface area (Å²) in [6.45, 7) is 6.47. The van der Waals surface area contributed by atoms with Gasteiger partial charge in [-0.2, -0.15) is 0 Å². The summed E-state index contributed by atoms with van der Waals surface area (Å²) >= 11 is 0. The van der Waals surface area contributed by atoms with Crippen molar-refractivity contribution < 1.29 is 9.84 Å². The van der Waals surface area contributed by atoms with E-state index in [1.54, 1.807) is 13.0 Å². The molecule has 0 saturated carbocycles. The largest absolute Gasteiger partial charge is 0.478 e. The molecule has 0 spiro atoms. The maximum Gasteiger partial charge on any atom is 0.218 e. The number of ether oxygens (including phenoxy) is 1. The van der Waals surface area contributed by atoms with Gasteiger partial charge in [0.15, 0.2) is 0 Å². The van der Waals surface area contributed by atoms with Gasteiger partial charge in [-0.3, -0.25) is 0 Å². The molecule has 2 unspecified atom stereocenters. The summed E-state index contributed by atoms with van der Waals surface area (Å²) in [6, 6.07) is 1.93. The van der Waals surface area contributed by atoms with Crippen molar-refractivity contribution in [1.82, 2.24) is 9.97 Å². The smallest absolute Gasteiger partial charge is 0.218 e. The Bertz CT molecular complexity index is 331. The van der Waals surface area contributed by atoms with Crippen molar-refractivity contribution in [2.45, 2.75) is 45.8 Å². The average molecular weight is 239 g/mol. The van der Waals surface area contributed by atoms with Crippen LogP contribution in [0.3, 0.4) is 0 Å². The highest BCUT2D eigenvalue weighted by molar-refractivity contribution is 5.37. The lowest BCUT2D eigenvalue weighted by Crippen LogP contribution is -2.21. The van der Waals surface area contributed by atoms with Crippen LogP contribution in [0.1, 0.15) is 33.6 Å². The molecule has 0 aliphatic carbocycles. The van der Waals surface area contributed by atoms with Gasteiger partial charge in [0, 0.05) is 12.1 Å². The Labute approximate surface area is 102 Å². The van der Waals surface area contributed by atoms with E-state index in [0.717, 1.165) is 12.2 Å². The van der Waals surface area contributed by atoms with Crippen molar-refractivity contribution in [2.24, 2.45) is 0 Å². The van der Waals surface area contributed by atoms with Crippen molar-refractivity contribution >= 4 is 5.82 Å². The Morgan fingerprint density at radius 3 is 2.82 bits per heavy atom. The number of aliphatic hydroxyl groups excluding tert-OH is 1. The molecule has 1 rings (SSSR count). The van der Waals surface area contributed by atoms with Gasteiger partial charge in [0.1, 0.15) is 12.1 Å². The summed E-state index contributed by atoms with van der Waals surface area (Å²) in [5, 5.41) is 12.5. The van der Waals surface area contributed by atoms with Gasteiger partial charge >= 0.3 is 0 Å². The molecule has 1 heterocycles. The summed E-state index contributed by atoms with van der Waals surface area (Å²) < 4.78 is 5.42. The number of anilines is 1. The number of rotatable bonds is 7. The van der Waals surface area contributed by atoms with Gasteiger partial charge in [-0.15, -0.1) is 0 Å². The number of aromatic nitrogens is 2. The predicted molar refractivity (Wildman–Crippen MR) is 67.2 cm³/mol. The van der Waals surface area contributed by atoms with Gasteiger partial charge in [0.05, 0.1) is 12.7 Å². The van der Waals surface area contributed by atoms with E-state index in [0.29, 0.717) is 18.9 Å². The van der Waals surface area contributed by atoms with Crippen molar-refractivity contribution in [2.75, 3.05) is 11.9 Å². The Morgan fingerprint density at radius 2 is 2.18 bits per heavy atom. The Hall–Kier alpha value is -1.36. The summed E-state index contributed by atoms with van der Waals surface area (Å²) in [5.74, 6) is 1.30. The van der Waals surface area contributed by atoms with E-state index in [1.807, 2.05) is 13.8 Å². The van der Waals surface area contributed by atoms with Crippen LogP contribution in [0.15, 0.2) is 12.4 Å². The van der Waals surface area contributed by atoms with E-state index in [9.17, 15) is 5.11 Å². The fourth-order valence-corrected chi connectivity index (χ4v) is 1.53. The lowest BCUT2D eigenvalue weighted by Gasteiger charge is -2.16. The summed E-state index contributed by atoms with van der Waals surface area (Å²) in [7, 11) is 0. The summed E-state index contributed by atoms with van der Waals surface area (Å²) in [6.07, 6.45) is 2.78. The Balaban J connectivity index is 2.52. The SMILES string of the molecule is CCCOc1cc(NC(C)CC(C)O)ncn1. The third-order valence-corrected chi connectivity index (χ3v) is 2.19. The van der Waals surface area contributed by atoms with Gasteiger partial charge in [-0.1, -0.05) is 6.92 Å². The lowest BCUT2D eigenvalue weighted by atomic mass is 10.1. The van der Waals surface area contributed by atoms with Crippen molar-refractivity contribution in [1.29, 1.82) is 0 Å². The molecule has 0 aliphatic rings. The predicted octanol–water partition coefficient (Wildman–Crippen LogP) is 1.84. The molecule has 0 aliphatic heterocycles. The van der Waals surface area contributed by atoms with E-state index in [1.165, 1.54) is 6.33 Å². The monoisotopic (exact) mass is 239 g/mol. The van der Waals surface area contributed by atoms with E-state index in [4.69, 9.17) is 4.74 Å². The van der Waals surface area contributed by atoms with E-state index >= 15 is 0 Å². The van der Waals surface area contributed by atoms with Crippen LogP contribution in [0.5, 0.6) is 5.88 Å². The van der Waals surface area contributed by atoms with E-state index in [2.05, 4.69) is 15.3 Å². The highest BCUT2D eigenvalue weighted by Gasteiger charge is 2.07. The number of aliphatic hydroxyl groups is 1. The number of nitrogens with one attached hydrogen (secondary N) is 1. The van der Waals surface area contributed by atoms with Gasteiger partial charge in [-0.25, -0.2) is 9.97 Å². The second-order valence-corrected chi connectivity index (χ2v) is 4.22. The fourth-order valence-electron chi connectivity index (χ4n) is 1.53. The lowest BCUT2D eigenvalue weighted by molar-refractivity contribution is 0.179. The normalized spacial score (nSPS) is 14.1. The van der Waals surface area contributed by atoms with Gasteiger partial charge in [-0.05, 0) is 26.7 Å². The molecule has 2 atom stereocenters. The molecule has 0 radical (unpaired) electrons. The van der Waals surface area contributed by atoms with E-state index < -0.39 is 0 Å². The summed E-state index contributed by atoms with van der Waals surface area (Å²) in [5.41, 5.74) is 0. The standard InChI is InChI=1S/C12H21N3O2/c1-4-5-17-12-7-11(13-8-14-12)15-9(2)6-10(3)16/h7-10,16H,4-6H2,1-3H3,(H,13,14,15). The zero-order valence-corrected chi connectivity index (χ0v) is 10.7. The first-order valence-electron chi connectivity index (χ1n) is 6.01. The van der Waals surface area contributed by atoms with Gasteiger partial charge < -0.3 is 15.2 Å². The maximum atomic E-state index is 9.27. The number of hydrogen-bond acceptors (Lipinski definition) is 5. The first-order chi connectivity index (χ1) is 8.11. The quantitative estimate of drug-likeness (QED) is 0.760. The Kier molecular flexibility index (Phi) is 5.69. The number of nitrogens with zero attached hydrogens (tertiary/aromatic N) is 2. The molecule has 0 aromatic carbocycles. The average Bonchev–Trinajstić information content (AvgIpc) is 2.25. The minimum absolute atomic E-state index is 0.156. The Morgan fingerprint density at radius 1 is 1.41 bits per heavy atom. The van der Waals surface area contributed by atoms with Crippen molar-refractivity contribution in [3.8, 4) is 5.88 Å². The van der Waals surface area contributed by atoms with Crippen LogP contribution in [0.2, 0.25) is 0 Å². The molecule has 96 valence electrons. The highest BCUT2D eigenvalue weighted by atomic mass is 16.5. The van der Waals surface area contributed by atoms with E-state index in [-0.39, 0.29) is 12.1 Å². The molecule has 5 heteroatoms. The van der Waals surface area contributed by atoms with Gasteiger partial charge in [0.25, 0.3) is 0 Å². The topological polar surface area (TPSA) is 67.3 Å². The zero-order valence-electron chi connectivity index (χ0n) is 10.7. The second kappa shape index (κ2) is 7.06. The van der Waals surface area contributed by atoms with Crippen LogP contribution >= 0.6 is 0 Å². The first-order valence-corrected chi connectivity index (χ1v) is 6.01. The molecule has 2 N–H and O–H groups in total. The third kappa shape index (κ3) is 5.49. The van der Waals surface area contributed by atoms with Crippen LogP contribution < -0.4 is 10.1 Å². The molecule has 17 heavy (non-hydrogen) atoms. The van der Waals surface area contributed by atoms with Gasteiger partial charge in [0.2, 0.25) is 5.88 Å². The molecule has 0 fully saturated rings. The second-order valence-electron chi connectivity index (χ2n) is 4.22. The molecular formula is C12H21N3O2. The third-order valence-electron chi connectivity index (χ3n) is 2.19. The van der Waals surface area contributed by atoms with Crippen LogP contribution in [0.4, 0.5) is 5.82 Å². The molecule has 1 aromatic rings. The minimum atomic E-state index is -0.324. The van der Waals surface area contributed by atoms with Crippen LogP contribution in [0, 0.1) is 0 Å². The molecule has 1 aromatic heterocycles. The molecule has 0 amide bonds. The molecule has 5 nitrogen and oxygen atoms in total. The first kappa shape index (κ1) is 13.7. The van der Waals surface area contributed by atoms with Crippen LogP contribution in [-0.2, 0) is 0 Å². The maximum absolute atomic E-state index is 9.27. The molecule has 0 saturated heterocycles. The highest BCUT2D eigenvalue weighted by Crippen LogP contribution is 2.13. The van der Waals surface area contributed by atoms with Crippen molar-refractivity contribution in [3.63, 3.8) is 0 Å². The molecule has 0 bridgehead atoms. The minimum Gasteiger partial charge on any atom is -0.478 e. The van der Waals surface area contributed by atoms with Crippen LogP contribution in [-0.4, -0.2) is 33.8 Å². The van der Waals surface area contributed by atoms with Crippen molar-refractivity contribution in [3.05, 3.63) is 12.4 Å². The number of hydrogen-bond donors (Lipinski definition) is 2.